The van der Waals surface area contributed by atoms with Crippen molar-refractivity contribution in [3.05, 3.63) is 0 Å². The Kier molecular flexibility index (Phi) is 16.7. The Labute approximate surface area is 329 Å². The van der Waals surface area contributed by atoms with Crippen molar-refractivity contribution >= 4 is 23.8 Å². The third kappa shape index (κ3) is 10.6. The molecular formula is C33H54N2O23. The first kappa shape index (κ1) is 47.9. The molecule has 2 amide bonds. The average molecular weight is 847 g/mol. The van der Waals surface area contributed by atoms with E-state index in [2.05, 4.69) is 10.6 Å². The van der Waals surface area contributed by atoms with Crippen molar-refractivity contribution in [2.75, 3.05) is 39.6 Å². The van der Waals surface area contributed by atoms with Crippen LogP contribution < -0.4 is 10.6 Å². The molecule has 4 heterocycles. The van der Waals surface area contributed by atoms with Crippen molar-refractivity contribution < 1.29 is 114 Å². The molecule has 4 aliphatic rings. The Bertz CT molecular complexity index is 1410. The van der Waals surface area contributed by atoms with Gasteiger partial charge in [-0.15, -0.1) is 0 Å². The second kappa shape index (κ2) is 20.2. The molecule has 4 saturated heterocycles. The number of amides is 2. The molecule has 25 heteroatoms. The maximum atomic E-state index is 12.4. The molecule has 0 aromatic carbocycles. The molecule has 0 aliphatic carbocycles. The molecule has 4 fully saturated rings. The zero-order valence-corrected chi connectivity index (χ0v) is 31.6. The number of carbonyl (C=O) groups is 4. The van der Waals surface area contributed by atoms with E-state index in [1.165, 1.54) is 0 Å². The van der Waals surface area contributed by atoms with Gasteiger partial charge in [-0.2, -0.15) is 0 Å². The van der Waals surface area contributed by atoms with Crippen LogP contribution in [-0.2, 0) is 52.3 Å². The Morgan fingerprint density at radius 1 is 0.603 bits per heavy atom. The predicted molar refractivity (Wildman–Crippen MR) is 181 cm³/mol. The molecule has 20 unspecified atom stereocenters. The summed E-state index contributed by atoms with van der Waals surface area (Å²) in [5.41, 5.74) is -2.38. The molecule has 20 atom stereocenters. The van der Waals surface area contributed by atoms with E-state index < -0.39 is 185 Å². The smallest absolute Gasteiger partial charge is 0.335 e. The Hall–Kier alpha value is -2.80. The van der Waals surface area contributed by atoms with Crippen LogP contribution >= 0.6 is 0 Å². The first-order chi connectivity index (χ1) is 27.2. The zero-order chi connectivity index (χ0) is 43.4. The Morgan fingerprint density at radius 3 is 1.69 bits per heavy atom. The standard InChI is InChI=1S/C33H54N2O23/c1-10(38)34-18-12(7-53-31-24(44)22(42)23(43)26(57-31)29(48)49)20(40)15(4-36)55-17(18)9-52-6-14-25(28(46)47)58-32(33(3,51)27(14)45)54-8-13-19(35-11(2)39)30(50)56-16(5-37)21(13)41/h12-27,30-32,36-37,40-45,50-51H,4-9H2,1-3H3,(H,34,38)(H,35,39)(H,46,47)(H,48,49). The van der Waals surface area contributed by atoms with Crippen LogP contribution in [0.1, 0.15) is 20.8 Å². The SMILES string of the molecule is CC(=O)NC1C(O)OC(CO)C(O)C1COC1OC(C(=O)O)C(COCC2OC(CO)C(O)C(COC3OC(C(=O)O)C(O)C(O)C3O)C2NC(C)=O)C(O)C1(C)O. The van der Waals surface area contributed by atoms with Gasteiger partial charge in [-0.3, -0.25) is 9.59 Å². The van der Waals surface area contributed by atoms with Gasteiger partial charge in [-0.25, -0.2) is 9.59 Å². The molecule has 58 heavy (non-hydrogen) atoms. The molecule has 14 N–H and O–H groups in total. The van der Waals surface area contributed by atoms with Gasteiger partial charge >= 0.3 is 11.9 Å². The summed E-state index contributed by atoms with van der Waals surface area (Å²) in [5.74, 6) is -8.53. The van der Waals surface area contributed by atoms with Gasteiger partial charge < -0.3 is 105 Å². The summed E-state index contributed by atoms with van der Waals surface area (Å²) >= 11 is 0. The van der Waals surface area contributed by atoms with E-state index in [-0.39, 0.29) is 0 Å². The number of nitrogens with one attached hydrogen (secondary N) is 2. The van der Waals surface area contributed by atoms with Gasteiger partial charge in [-0.1, -0.05) is 0 Å². The number of carbonyl (C=O) groups excluding carboxylic acids is 2. The van der Waals surface area contributed by atoms with E-state index in [0.29, 0.717) is 0 Å². The van der Waals surface area contributed by atoms with Crippen LogP contribution in [0, 0.1) is 17.8 Å². The van der Waals surface area contributed by atoms with Crippen LogP contribution in [0.25, 0.3) is 0 Å². The summed E-state index contributed by atoms with van der Waals surface area (Å²) in [4.78, 5) is 48.1. The normalized spacial score (nSPS) is 44.6. The number of aliphatic hydroxyl groups is 10. The molecule has 4 rings (SSSR count). The summed E-state index contributed by atoms with van der Waals surface area (Å²) in [5, 5.41) is 130. The van der Waals surface area contributed by atoms with Gasteiger partial charge in [0.25, 0.3) is 0 Å². The van der Waals surface area contributed by atoms with Crippen LogP contribution in [0.3, 0.4) is 0 Å². The van der Waals surface area contributed by atoms with Gasteiger partial charge in [0.2, 0.25) is 11.8 Å². The van der Waals surface area contributed by atoms with Crippen LogP contribution in [-0.4, -0.2) is 228 Å². The van der Waals surface area contributed by atoms with E-state index >= 15 is 0 Å². The van der Waals surface area contributed by atoms with Crippen LogP contribution in [0.5, 0.6) is 0 Å². The van der Waals surface area contributed by atoms with Crippen molar-refractivity contribution in [2.24, 2.45) is 17.8 Å². The van der Waals surface area contributed by atoms with Crippen molar-refractivity contribution in [3.63, 3.8) is 0 Å². The van der Waals surface area contributed by atoms with E-state index in [0.717, 1.165) is 20.8 Å². The van der Waals surface area contributed by atoms with Gasteiger partial charge in [0.15, 0.2) is 31.1 Å². The summed E-state index contributed by atoms with van der Waals surface area (Å²) in [6.07, 6.45) is -24.4. The number of aliphatic hydroxyl groups excluding tert-OH is 9. The number of aliphatic carboxylic acids is 2. The van der Waals surface area contributed by atoms with Gasteiger partial charge in [-0.05, 0) is 6.92 Å². The molecule has 0 spiro atoms. The highest BCUT2D eigenvalue weighted by molar-refractivity contribution is 5.74. The minimum absolute atomic E-state index is 0.530. The fourth-order valence-corrected chi connectivity index (χ4v) is 7.55. The van der Waals surface area contributed by atoms with E-state index in [1.54, 1.807) is 0 Å². The number of rotatable bonds is 16. The molecule has 4 aliphatic heterocycles. The molecule has 0 bridgehead atoms. The quantitative estimate of drug-likeness (QED) is 0.0686. The number of hydrogen-bond acceptors (Lipinski definition) is 21. The minimum Gasteiger partial charge on any atom is -0.479 e. The van der Waals surface area contributed by atoms with Crippen LogP contribution in [0.15, 0.2) is 0 Å². The lowest BCUT2D eigenvalue weighted by Crippen LogP contribution is -2.66. The monoisotopic (exact) mass is 846 g/mol. The molecule has 25 nitrogen and oxygen atoms in total. The highest BCUT2D eigenvalue weighted by Gasteiger charge is 2.56. The van der Waals surface area contributed by atoms with Crippen molar-refractivity contribution in [1.82, 2.24) is 10.6 Å². The van der Waals surface area contributed by atoms with Crippen LogP contribution in [0.4, 0.5) is 0 Å². The average Bonchev–Trinajstić information content (AvgIpc) is 3.14. The number of carboxylic acid groups (broad SMARTS) is 2. The zero-order valence-electron chi connectivity index (χ0n) is 31.6. The second-order valence-corrected chi connectivity index (χ2v) is 14.9. The van der Waals surface area contributed by atoms with Crippen molar-refractivity contribution in [2.45, 2.75) is 124 Å². The lowest BCUT2D eigenvalue weighted by Gasteiger charge is -2.48. The lowest BCUT2D eigenvalue weighted by molar-refractivity contribution is -0.332. The third-order valence-electron chi connectivity index (χ3n) is 10.7. The highest BCUT2D eigenvalue weighted by atomic mass is 16.7. The summed E-state index contributed by atoms with van der Waals surface area (Å²) in [7, 11) is 0. The molecular weight excluding hydrogens is 792 g/mol. The number of carboxylic acids is 2. The second-order valence-electron chi connectivity index (χ2n) is 14.9. The summed E-state index contributed by atoms with van der Waals surface area (Å²) in [6, 6.07) is -2.51. The van der Waals surface area contributed by atoms with E-state index in [9.17, 15) is 80.5 Å². The molecule has 0 aromatic rings. The van der Waals surface area contributed by atoms with Crippen LogP contribution in [0.2, 0.25) is 0 Å². The van der Waals surface area contributed by atoms with Gasteiger partial charge in [0.1, 0.15) is 42.2 Å². The number of hydrogen-bond donors (Lipinski definition) is 14. The topological polar surface area (TPSA) is 400 Å². The fraction of sp³-hybridized carbons (Fsp3) is 0.879. The Morgan fingerprint density at radius 2 is 1.14 bits per heavy atom. The van der Waals surface area contributed by atoms with Gasteiger partial charge in [0, 0.05) is 31.6 Å². The van der Waals surface area contributed by atoms with Crippen molar-refractivity contribution in [1.29, 1.82) is 0 Å². The lowest BCUT2D eigenvalue weighted by atomic mass is 9.81. The largest absolute Gasteiger partial charge is 0.479 e. The number of ether oxygens (including phenoxy) is 7. The van der Waals surface area contributed by atoms with E-state index in [4.69, 9.17) is 33.2 Å². The Balaban J connectivity index is 1.47. The summed E-state index contributed by atoms with van der Waals surface area (Å²) in [6.45, 7) is -0.657. The highest BCUT2D eigenvalue weighted by Crippen LogP contribution is 2.37. The summed E-state index contributed by atoms with van der Waals surface area (Å²) < 4.78 is 38.6. The maximum absolute atomic E-state index is 12.4. The van der Waals surface area contributed by atoms with Crippen molar-refractivity contribution in [3.8, 4) is 0 Å². The predicted octanol–water partition coefficient (Wildman–Crippen LogP) is -8.10. The molecule has 0 radical (unpaired) electrons. The van der Waals surface area contributed by atoms with Gasteiger partial charge in [0.05, 0.1) is 70.0 Å². The fourth-order valence-electron chi connectivity index (χ4n) is 7.55. The molecule has 0 aromatic heterocycles. The first-order valence-corrected chi connectivity index (χ1v) is 18.3. The molecule has 0 saturated carbocycles. The third-order valence-corrected chi connectivity index (χ3v) is 10.7. The molecule has 334 valence electrons. The maximum Gasteiger partial charge on any atom is 0.335 e. The van der Waals surface area contributed by atoms with E-state index in [1.807, 2.05) is 0 Å². The first-order valence-electron chi connectivity index (χ1n) is 18.3. The minimum atomic E-state index is -2.38.